The number of ether oxygens (including phenoxy) is 2. The molecule has 0 spiro atoms. The Morgan fingerprint density at radius 2 is 2.33 bits per heavy atom. The molecular formula is C10H13BrO3S. The van der Waals surface area contributed by atoms with Crippen molar-refractivity contribution in [3.05, 3.63) is 20.8 Å². The quantitative estimate of drug-likeness (QED) is 0.573. The van der Waals surface area contributed by atoms with Crippen LogP contribution in [-0.4, -0.2) is 32.7 Å². The van der Waals surface area contributed by atoms with Crippen molar-refractivity contribution in [2.24, 2.45) is 0 Å². The van der Waals surface area contributed by atoms with Crippen LogP contribution in [-0.2, 0) is 9.47 Å². The summed E-state index contributed by atoms with van der Waals surface area (Å²) in [5, 5.41) is 1.88. The number of Topliss-reactive ketones (excluding diaryl/α,β-unsaturated/α-hetero) is 1. The predicted octanol–water partition coefficient (Wildman–Crippen LogP) is 2.75. The lowest BCUT2D eigenvalue weighted by Crippen LogP contribution is -2.09. The van der Waals surface area contributed by atoms with Gasteiger partial charge < -0.3 is 9.47 Å². The van der Waals surface area contributed by atoms with Gasteiger partial charge in [0.1, 0.15) is 6.61 Å². The van der Waals surface area contributed by atoms with Gasteiger partial charge >= 0.3 is 0 Å². The van der Waals surface area contributed by atoms with E-state index >= 15 is 0 Å². The Morgan fingerprint density at radius 1 is 1.53 bits per heavy atom. The maximum Gasteiger partial charge on any atom is 0.199 e. The van der Waals surface area contributed by atoms with Crippen LogP contribution in [0.4, 0.5) is 0 Å². The largest absolute Gasteiger partial charge is 0.385 e. The van der Waals surface area contributed by atoms with Crippen molar-refractivity contribution in [3.8, 4) is 0 Å². The molecule has 0 bridgehead atoms. The molecule has 0 radical (unpaired) electrons. The van der Waals surface area contributed by atoms with E-state index in [1.54, 1.807) is 7.11 Å². The van der Waals surface area contributed by atoms with E-state index in [1.807, 2.05) is 11.4 Å². The van der Waals surface area contributed by atoms with Crippen LogP contribution in [0.25, 0.3) is 0 Å². The third kappa shape index (κ3) is 4.42. The smallest absolute Gasteiger partial charge is 0.199 e. The molecule has 5 heteroatoms. The van der Waals surface area contributed by atoms with Gasteiger partial charge in [0.05, 0.1) is 4.88 Å². The molecule has 1 heterocycles. The van der Waals surface area contributed by atoms with E-state index < -0.39 is 0 Å². The fourth-order valence-electron chi connectivity index (χ4n) is 1.03. The van der Waals surface area contributed by atoms with Crippen LogP contribution in [0.5, 0.6) is 0 Å². The second-order valence-electron chi connectivity index (χ2n) is 2.92. The number of carbonyl (C=O) groups is 1. The standard InChI is InChI=1S/C10H13BrO3S/c1-13-4-2-5-14-7-9(12)10-8(11)3-6-15-10/h3,6H,2,4-5,7H2,1H3. The highest BCUT2D eigenvalue weighted by Gasteiger charge is 2.11. The fraction of sp³-hybridized carbons (Fsp3) is 0.500. The Hall–Kier alpha value is -0.230. The van der Waals surface area contributed by atoms with E-state index in [-0.39, 0.29) is 12.4 Å². The third-order valence-corrected chi connectivity index (χ3v) is 3.62. The van der Waals surface area contributed by atoms with Crippen molar-refractivity contribution < 1.29 is 14.3 Å². The minimum atomic E-state index is 0.0225. The van der Waals surface area contributed by atoms with Gasteiger partial charge in [0.2, 0.25) is 0 Å². The molecule has 0 aliphatic carbocycles. The summed E-state index contributed by atoms with van der Waals surface area (Å²) in [5.41, 5.74) is 0. The van der Waals surface area contributed by atoms with Gasteiger partial charge in [0.25, 0.3) is 0 Å². The maximum atomic E-state index is 11.6. The van der Waals surface area contributed by atoms with Gasteiger partial charge in [-0.15, -0.1) is 11.3 Å². The SMILES string of the molecule is COCCCOCC(=O)c1sccc1Br. The van der Waals surface area contributed by atoms with Crippen LogP contribution in [0.3, 0.4) is 0 Å². The second-order valence-corrected chi connectivity index (χ2v) is 4.69. The lowest BCUT2D eigenvalue weighted by atomic mass is 10.3. The fourth-order valence-corrected chi connectivity index (χ4v) is 2.55. The van der Waals surface area contributed by atoms with Crippen LogP contribution < -0.4 is 0 Å². The summed E-state index contributed by atoms with van der Waals surface area (Å²) in [7, 11) is 1.65. The lowest BCUT2D eigenvalue weighted by molar-refractivity contribution is 0.0708. The molecule has 0 amide bonds. The molecule has 1 rings (SSSR count). The first-order valence-corrected chi connectivity index (χ1v) is 6.26. The Balaban J connectivity index is 2.22. The van der Waals surface area contributed by atoms with Gasteiger partial charge in [-0.25, -0.2) is 0 Å². The average molecular weight is 293 g/mol. The van der Waals surface area contributed by atoms with Crippen LogP contribution in [0, 0.1) is 0 Å². The molecule has 1 aromatic heterocycles. The number of hydrogen-bond acceptors (Lipinski definition) is 4. The minimum Gasteiger partial charge on any atom is -0.385 e. The molecule has 0 saturated carbocycles. The number of methoxy groups -OCH3 is 1. The van der Waals surface area contributed by atoms with Crippen molar-refractivity contribution in [1.29, 1.82) is 0 Å². The highest BCUT2D eigenvalue weighted by molar-refractivity contribution is 9.10. The normalized spacial score (nSPS) is 10.5. The zero-order valence-corrected chi connectivity index (χ0v) is 10.9. The van der Waals surface area contributed by atoms with Gasteiger partial charge in [-0.05, 0) is 33.8 Å². The predicted molar refractivity (Wildman–Crippen MR) is 63.7 cm³/mol. The number of thiophene rings is 1. The second kappa shape index (κ2) is 7.11. The number of hydrogen-bond donors (Lipinski definition) is 0. The highest BCUT2D eigenvalue weighted by Crippen LogP contribution is 2.22. The summed E-state index contributed by atoms with van der Waals surface area (Å²) in [6.45, 7) is 1.36. The Bertz CT molecular complexity index is 311. The first-order valence-electron chi connectivity index (χ1n) is 4.58. The van der Waals surface area contributed by atoms with E-state index in [1.165, 1.54) is 11.3 Å². The number of rotatable bonds is 7. The first-order chi connectivity index (χ1) is 7.25. The molecule has 0 aromatic carbocycles. The van der Waals surface area contributed by atoms with Crippen molar-refractivity contribution in [2.45, 2.75) is 6.42 Å². The number of ketones is 1. The van der Waals surface area contributed by atoms with Gasteiger partial charge in [-0.3, -0.25) is 4.79 Å². The summed E-state index contributed by atoms with van der Waals surface area (Å²) < 4.78 is 10.9. The van der Waals surface area contributed by atoms with Crippen LogP contribution in [0.2, 0.25) is 0 Å². The molecule has 0 aliphatic rings. The van der Waals surface area contributed by atoms with Gasteiger partial charge in [0.15, 0.2) is 5.78 Å². The molecule has 15 heavy (non-hydrogen) atoms. The van der Waals surface area contributed by atoms with E-state index in [2.05, 4.69) is 15.9 Å². The van der Waals surface area contributed by atoms with Gasteiger partial charge in [0, 0.05) is 24.8 Å². The molecule has 3 nitrogen and oxygen atoms in total. The molecule has 0 fully saturated rings. The minimum absolute atomic E-state index is 0.0225. The zero-order valence-electron chi connectivity index (χ0n) is 8.49. The summed E-state index contributed by atoms with van der Waals surface area (Å²) >= 11 is 4.74. The Kier molecular flexibility index (Phi) is 6.09. The molecule has 84 valence electrons. The zero-order chi connectivity index (χ0) is 11.1. The summed E-state index contributed by atoms with van der Waals surface area (Å²) in [4.78, 5) is 12.3. The monoisotopic (exact) mass is 292 g/mol. The third-order valence-electron chi connectivity index (χ3n) is 1.74. The van der Waals surface area contributed by atoms with Crippen LogP contribution in [0.1, 0.15) is 16.1 Å². The van der Waals surface area contributed by atoms with Crippen molar-refractivity contribution in [1.82, 2.24) is 0 Å². The van der Waals surface area contributed by atoms with E-state index in [0.717, 1.165) is 15.8 Å². The van der Waals surface area contributed by atoms with Crippen LogP contribution >= 0.6 is 27.3 Å². The number of halogens is 1. The Labute approximate surface area is 102 Å². The first kappa shape index (κ1) is 12.8. The molecule has 0 aliphatic heterocycles. The molecule has 1 aromatic rings. The van der Waals surface area contributed by atoms with Gasteiger partial charge in [-0.2, -0.15) is 0 Å². The molecule has 0 N–H and O–H groups in total. The summed E-state index contributed by atoms with van der Waals surface area (Å²) in [6, 6.07) is 1.86. The van der Waals surface area contributed by atoms with Crippen LogP contribution in [0.15, 0.2) is 15.9 Å². The molecule has 0 saturated heterocycles. The average Bonchev–Trinajstić information content (AvgIpc) is 2.64. The van der Waals surface area contributed by atoms with Crippen molar-refractivity contribution in [2.75, 3.05) is 26.9 Å². The number of carbonyl (C=O) groups excluding carboxylic acids is 1. The Morgan fingerprint density at radius 3 is 2.93 bits per heavy atom. The molecule has 0 unspecified atom stereocenters. The lowest BCUT2D eigenvalue weighted by Gasteiger charge is -2.02. The summed E-state index contributed by atoms with van der Waals surface area (Å²) in [5.74, 6) is 0.0225. The molecule has 0 atom stereocenters. The van der Waals surface area contributed by atoms with E-state index in [0.29, 0.717) is 13.2 Å². The van der Waals surface area contributed by atoms with Gasteiger partial charge in [-0.1, -0.05) is 0 Å². The van der Waals surface area contributed by atoms with Crippen molar-refractivity contribution >= 4 is 33.0 Å². The highest BCUT2D eigenvalue weighted by atomic mass is 79.9. The summed E-state index contributed by atoms with van der Waals surface area (Å²) in [6.07, 6.45) is 0.815. The topological polar surface area (TPSA) is 35.5 Å². The van der Waals surface area contributed by atoms with E-state index in [4.69, 9.17) is 9.47 Å². The molecular weight excluding hydrogens is 280 g/mol. The maximum absolute atomic E-state index is 11.6. The van der Waals surface area contributed by atoms with E-state index in [9.17, 15) is 4.79 Å². The van der Waals surface area contributed by atoms with Crippen molar-refractivity contribution in [3.63, 3.8) is 0 Å².